The number of alkyl halides is 1. The third-order valence-corrected chi connectivity index (χ3v) is 3.82. The first-order valence-electron chi connectivity index (χ1n) is 6.16. The van der Waals surface area contributed by atoms with Gasteiger partial charge in [-0.05, 0) is 45.1 Å². The molecular formula is C12H24ClNO. The predicted molar refractivity (Wildman–Crippen MR) is 65.6 cm³/mol. The first-order valence-corrected chi connectivity index (χ1v) is 6.60. The van der Waals surface area contributed by atoms with Crippen LogP contribution in [0.15, 0.2) is 0 Å². The fourth-order valence-electron chi connectivity index (χ4n) is 2.19. The Hall–Kier alpha value is 0.210. The number of nitrogens with one attached hydrogen (secondary N) is 1. The number of ether oxygens (including phenoxy) is 1. The highest BCUT2D eigenvalue weighted by molar-refractivity contribution is 6.20. The molecule has 3 heteroatoms. The first kappa shape index (κ1) is 13.3. The van der Waals surface area contributed by atoms with Gasteiger partial charge < -0.3 is 10.1 Å². The maximum absolute atomic E-state index is 6.07. The van der Waals surface area contributed by atoms with Crippen molar-refractivity contribution in [1.29, 1.82) is 0 Å². The normalized spacial score (nSPS) is 29.0. The molecule has 1 rings (SSSR count). The Labute approximate surface area is 98.7 Å². The number of methoxy groups -OCH3 is 1. The highest BCUT2D eigenvalue weighted by Gasteiger charge is 2.20. The van der Waals surface area contributed by atoms with Gasteiger partial charge in [-0.2, -0.15) is 0 Å². The van der Waals surface area contributed by atoms with Gasteiger partial charge in [0.05, 0.1) is 6.10 Å². The van der Waals surface area contributed by atoms with Crippen molar-refractivity contribution in [3.05, 3.63) is 0 Å². The van der Waals surface area contributed by atoms with Crippen LogP contribution in [-0.4, -0.2) is 31.2 Å². The summed E-state index contributed by atoms with van der Waals surface area (Å²) in [5.41, 5.74) is 0. The Morgan fingerprint density at radius 1 is 1.47 bits per heavy atom. The quantitative estimate of drug-likeness (QED) is 0.713. The van der Waals surface area contributed by atoms with Crippen LogP contribution in [0.3, 0.4) is 0 Å². The molecule has 0 aromatic carbocycles. The molecule has 0 aromatic rings. The minimum Gasteiger partial charge on any atom is -0.381 e. The fourth-order valence-corrected chi connectivity index (χ4v) is 2.30. The van der Waals surface area contributed by atoms with Gasteiger partial charge in [-0.15, -0.1) is 11.6 Å². The van der Waals surface area contributed by atoms with Crippen LogP contribution in [0, 0.1) is 0 Å². The number of hydrogen-bond acceptors (Lipinski definition) is 2. The van der Waals surface area contributed by atoms with E-state index in [1.54, 1.807) is 0 Å². The minimum absolute atomic E-state index is 0.333. The van der Waals surface area contributed by atoms with Crippen molar-refractivity contribution in [2.75, 3.05) is 13.7 Å². The number of rotatable bonds is 6. The Kier molecular flexibility index (Phi) is 6.62. The molecule has 0 bridgehead atoms. The van der Waals surface area contributed by atoms with Crippen LogP contribution < -0.4 is 5.32 Å². The van der Waals surface area contributed by atoms with Crippen molar-refractivity contribution < 1.29 is 4.74 Å². The van der Waals surface area contributed by atoms with Gasteiger partial charge in [0.25, 0.3) is 0 Å². The van der Waals surface area contributed by atoms with E-state index in [0.29, 0.717) is 17.5 Å². The molecule has 1 saturated carbocycles. The summed E-state index contributed by atoms with van der Waals surface area (Å²) in [5, 5.41) is 3.92. The largest absolute Gasteiger partial charge is 0.381 e. The van der Waals surface area contributed by atoms with Gasteiger partial charge >= 0.3 is 0 Å². The van der Waals surface area contributed by atoms with Gasteiger partial charge in [0.2, 0.25) is 0 Å². The van der Waals surface area contributed by atoms with Gasteiger partial charge in [0, 0.05) is 18.5 Å². The molecule has 1 aliphatic carbocycles. The van der Waals surface area contributed by atoms with Crippen molar-refractivity contribution in [3.8, 4) is 0 Å². The zero-order valence-corrected chi connectivity index (χ0v) is 10.7. The van der Waals surface area contributed by atoms with Crippen LogP contribution in [0.1, 0.15) is 45.4 Å². The van der Waals surface area contributed by atoms with Gasteiger partial charge in [0.1, 0.15) is 0 Å². The third-order valence-electron chi connectivity index (χ3n) is 3.29. The minimum atomic E-state index is 0.333. The SMILES string of the molecule is CCC(Cl)CCNC1CCCC(OC)C1. The van der Waals surface area contributed by atoms with Crippen LogP contribution in [0.25, 0.3) is 0 Å². The maximum atomic E-state index is 6.07. The molecular weight excluding hydrogens is 210 g/mol. The second kappa shape index (κ2) is 7.48. The average molecular weight is 234 g/mol. The zero-order valence-electron chi connectivity index (χ0n) is 9.97. The van der Waals surface area contributed by atoms with Gasteiger partial charge in [-0.1, -0.05) is 6.92 Å². The van der Waals surface area contributed by atoms with Crippen LogP contribution in [-0.2, 0) is 4.74 Å². The summed E-state index contributed by atoms with van der Waals surface area (Å²) >= 11 is 6.07. The van der Waals surface area contributed by atoms with E-state index in [4.69, 9.17) is 16.3 Å². The summed E-state index contributed by atoms with van der Waals surface area (Å²) in [6, 6.07) is 0.643. The monoisotopic (exact) mass is 233 g/mol. The number of halogens is 1. The molecule has 0 aliphatic heterocycles. The Balaban J connectivity index is 2.10. The van der Waals surface area contributed by atoms with E-state index in [1.165, 1.54) is 19.3 Å². The highest BCUT2D eigenvalue weighted by atomic mass is 35.5. The number of hydrogen-bond donors (Lipinski definition) is 1. The van der Waals surface area contributed by atoms with Crippen molar-refractivity contribution in [2.45, 2.75) is 63.0 Å². The molecule has 1 aliphatic rings. The molecule has 0 spiro atoms. The van der Waals surface area contributed by atoms with E-state index >= 15 is 0 Å². The standard InChI is InChI=1S/C12H24ClNO/c1-3-10(13)7-8-14-11-5-4-6-12(9-11)15-2/h10-12,14H,3-9H2,1-2H3. The molecule has 0 heterocycles. The third kappa shape index (κ3) is 5.19. The molecule has 0 saturated heterocycles. The molecule has 2 nitrogen and oxygen atoms in total. The lowest BCUT2D eigenvalue weighted by Gasteiger charge is -2.29. The Morgan fingerprint density at radius 2 is 2.27 bits per heavy atom. The summed E-state index contributed by atoms with van der Waals surface area (Å²) in [6.45, 7) is 3.18. The second-order valence-corrected chi connectivity index (χ2v) is 5.09. The summed E-state index contributed by atoms with van der Waals surface area (Å²) in [7, 11) is 1.82. The van der Waals surface area contributed by atoms with Crippen molar-refractivity contribution in [2.24, 2.45) is 0 Å². The molecule has 0 radical (unpaired) electrons. The molecule has 0 aromatic heterocycles. The van der Waals surface area contributed by atoms with Crippen molar-refractivity contribution in [3.63, 3.8) is 0 Å². The second-order valence-electron chi connectivity index (χ2n) is 4.47. The molecule has 1 N–H and O–H groups in total. The predicted octanol–water partition coefficient (Wildman–Crippen LogP) is 2.94. The lowest BCUT2D eigenvalue weighted by molar-refractivity contribution is 0.0589. The van der Waals surface area contributed by atoms with E-state index in [9.17, 15) is 0 Å². The van der Waals surface area contributed by atoms with E-state index in [-0.39, 0.29) is 0 Å². The lowest BCUT2D eigenvalue weighted by atomic mass is 9.93. The summed E-state index contributed by atoms with van der Waals surface area (Å²) < 4.78 is 5.40. The Bertz CT molecular complexity index is 166. The Morgan fingerprint density at radius 3 is 2.93 bits per heavy atom. The van der Waals surface area contributed by atoms with Gasteiger partial charge in [-0.3, -0.25) is 0 Å². The molecule has 3 unspecified atom stereocenters. The van der Waals surface area contributed by atoms with Gasteiger partial charge in [-0.25, -0.2) is 0 Å². The maximum Gasteiger partial charge on any atom is 0.0586 e. The van der Waals surface area contributed by atoms with E-state index in [1.807, 2.05) is 7.11 Å². The van der Waals surface area contributed by atoms with Crippen LogP contribution in [0.4, 0.5) is 0 Å². The van der Waals surface area contributed by atoms with Crippen LogP contribution >= 0.6 is 11.6 Å². The van der Waals surface area contributed by atoms with E-state index in [0.717, 1.165) is 25.8 Å². The van der Waals surface area contributed by atoms with Crippen molar-refractivity contribution >= 4 is 11.6 Å². The highest BCUT2D eigenvalue weighted by Crippen LogP contribution is 2.20. The topological polar surface area (TPSA) is 21.3 Å². The van der Waals surface area contributed by atoms with E-state index < -0.39 is 0 Å². The molecule has 3 atom stereocenters. The first-order chi connectivity index (χ1) is 7.26. The van der Waals surface area contributed by atoms with Gasteiger partial charge in [0.15, 0.2) is 0 Å². The summed E-state index contributed by atoms with van der Waals surface area (Å²) in [6.07, 6.45) is 7.57. The summed E-state index contributed by atoms with van der Waals surface area (Å²) in [5.74, 6) is 0. The van der Waals surface area contributed by atoms with Crippen LogP contribution in [0.5, 0.6) is 0 Å². The summed E-state index contributed by atoms with van der Waals surface area (Å²) in [4.78, 5) is 0. The average Bonchev–Trinajstić information content (AvgIpc) is 2.29. The van der Waals surface area contributed by atoms with E-state index in [2.05, 4.69) is 12.2 Å². The molecule has 1 fully saturated rings. The molecule has 0 amide bonds. The fraction of sp³-hybridized carbons (Fsp3) is 1.00. The zero-order chi connectivity index (χ0) is 11.1. The smallest absolute Gasteiger partial charge is 0.0586 e. The van der Waals surface area contributed by atoms with Crippen LogP contribution in [0.2, 0.25) is 0 Å². The molecule has 90 valence electrons. The van der Waals surface area contributed by atoms with Crippen molar-refractivity contribution in [1.82, 2.24) is 5.32 Å². The molecule has 15 heavy (non-hydrogen) atoms. The lowest BCUT2D eigenvalue weighted by Crippen LogP contribution is -2.37.